The van der Waals surface area contributed by atoms with Gasteiger partial charge in [0, 0.05) is 53.6 Å². The van der Waals surface area contributed by atoms with Crippen LogP contribution in [0.4, 0.5) is 18.9 Å². The van der Waals surface area contributed by atoms with Gasteiger partial charge >= 0.3 is 0 Å². The minimum Gasteiger partial charge on any atom is -0.384 e. The molecule has 2 aromatic carbocycles. The van der Waals surface area contributed by atoms with Gasteiger partial charge in [-0.3, -0.25) is 4.79 Å². The zero-order valence-corrected chi connectivity index (χ0v) is 27.0. The van der Waals surface area contributed by atoms with Gasteiger partial charge < -0.3 is 19.5 Å². The van der Waals surface area contributed by atoms with Crippen LogP contribution in [0.3, 0.4) is 0 Å². The highest BCUT2D eigenvalue weighted by Crippen LogP contribution is 2.41. The van der Waals surface area contributed by atoms with E-state index in [1.165, 1.54) is 11.2 Å². The summed E-state index contributed by atoms with van der Waals surface area (Å²) in [6.45, 7) is 5.23. The van der Waals surface area contributed by atoms with Crippen molar-refractivity contribution >= 4 is 27.7 Å². The molecule has 2 N–H and O–H groups in total. The average molecular weight is 669 g/mol. The van der Waals surface area contributed by atoms with Gasteiger partial charge in [0.05, 0.1) is 5.69 Å². The number of allylic oxidation sites excluding steroid dienone is 1. The molecule has 1 amide bonds. The number of anilines is 1. The molecule has 0 radical (unpaired) electrons. The minimum absolute atomic E-state index is 0.0155. The van der Waals surface area contributed by atoms with E-state index < -0.39 is 51.1 Å². The van der Waals surface area contributed by atoms with Gasteiger partial charge in [0.2, 0.25) is 10.0 Å². The Morgan fingerprint density at radius 1 is 1.13 bits per heavy atom. The van der Waals surface area contributed by atoms with Crippen LogP contribution in [0.1, 0.15) is 73.4 Å². The van der Waals surface area contributed by atoms with E-state index in [0.717, 1.165) is 5.56 Å². The summed E-state index contributed by atoms with van der Waals surface area (Å²) in [5, 5.41) is 18.1. The molecule has 2 aromatic heterocycles. The molecule has 0 bridgehead atoms. The Balaban J connectivity index is 1.35. The maximum absolute atomic E-state index is 14.7. The van der Waals surface area contributed by atoms with Gasteiger partial charge in [-0.15, -0.1) is 0 Å². The summed E-state index contributed by atoms with van der Waals surface area (Å²) in [6.07, 6.45) is 5.85. The number of amides is 1. The lowest BCUT2D eigenvalue weighted by atomic mass is 9.92. The number of carbonyl (C=O) groups is 1. The number of nitrogens with one attached hydrogen (secondary N) is 1. The number of fused-ring (bicyclic) bond motifs is 1. The molecule has 1 saturated heterocycles. The van der Waals surface area contributed by atoms with Crippen LogP contribution in [-0.4, -0.2) is 45.5 Å². The quantitative estimate of drug-likeness (QED) is 0.200. The first kappa shape index (κ1) is 32.7. The van der Waals surface area contributed by atoms with Crippen molar-refractivity contribution in [2.75, 3.05) is 5.32 Å². The largest absolute Gasteiger partial charge is 0.384 e. The number of rotatable bonds is 8. The first-order valence-electron chi connectivity index (χ1n) is 15.4. The minimum atomic E-state index is -4.27. The molecule has 0 aliphatic carbocycles. The second kappa shape index (κ2) is 12.4. The zero-order valence-electron chi connectivity index (χ0n) is 26.1. The molecule has 3 atom stereocenters. The number of nitrogens with zero attached hydrogens (tertiary/aromatic N) is 3. The number of aliphatic hydroxyl groups is 1. The molecule has 6 rings (SSSR count). The summed E-state index contributed by atoms with van der Waals surface area (Å²) in [5.41, 5.74) is -0.284. The smallest absolute Gasteiger partial charge is 0.272 e. The van der Waals surface area contributed by atoms with Crippen molar-refractivity contribution in [2.45, 2.75) is 82.0 Å². The van der Waals surface area contributed by atoms with Crippen LogP contribution >= 0.6 is 0 Å². The fourth-order valence-corrected chi connectivity index (χ4v) is 9.04. The van der Waals surface area contributed by atoms with Gasteiger partial charge in [-0.2, -0.15) is 4.31 Å². The molecule has 1 fully saturated rings. The summed E-state index contributed by atoms with van der Waals surface area (Å²) in [4.78, 5) is 13.6. The topological polar surface area (TPSA) is 118 Å². The molecule has 2 aliphatic rings. The molecule has 3 unspecified atom stereocenters. The Morgan fingerprint density at radius 2 is 1.83 bits per heavy atom. The van der Waals surface area contributed by atoms with Gasteiger partial charge in [-0.25, -0.2) is 21.6 Å². The van der Waals surface area contributed by atoms with Gasteiger partial charge in [0.25, 0.3) is 5.91 Å². The van der Waals surface area contributed by atoms with Crippen molar-refractivity contribution in [2.24, 2.45) is 0 Å². The number of hydrogen-bond acceptors (Lipinski definition) is 6. The predicted molar refractivity (Wildman–Crippen MR) is 169 cm³/mol. The molecular weight excluding hydrogens is 633 g/mol. The van der Waals surface area contributed by atoms with Crippen molar-refractivity contribution in [3.63, 3.8) is 0 Å². The van der Waals surface area contributed by atoms with Crippen LogP contribution in [0.25, 0.3) is 17.4 Å². The second-order valence-corrected chi connectivity index (χ2v) is 14.2. The van der Waals surface area contributed by atoms with Gasteiger partial charge in [0.15, 0.2) is 23.2 Å². The Morgan fingerprint density at radius 3 is 2.53 bits per heavy atom. The summed E-state index contributed by atoms with van der Waals surface area (Å²) in [5.74, 6) is -4.92. The molecule has 4 heterocycles. The van der Waals surface area contributed by atoms with E-state index >= 15 is 0 Å². The molecular formula is C34H35F3N4O5S. The lowest BCUT2D eigenvalue weighted by Crippen LogP contribution is -2.43. The highest BCUT2D eigenvalue weighted by molar-refractivity contribution is 7.89. The molecule has 2 aliphatic heterocycles. The maximum atomic E-state index is 14.7. The van der Waals surface area contributed by atoms with Crippen LogP contribution in [0.5, 0.6) is 0 Å². The summed E-state index contributed by atoms with van der Waals surface area (Å²) in [7, 11) is -4.27. The SMILES string of the molecule is Cc1c(S(=O)(=O)N2C(C)CCC2CC(C)(O)c2cc(-c3ccccc3)on2)c2n(c1C(=O)Nc1cc(F)c(F)c(F)c1)CCCC=C2. The fraction of sp³-hybridized carbons (Fsp3) is 0.353. The number of benzene rings is 2. The van der Waals surface area contributed by atoms with Gasteiger partial charge in [0.1, 0.15) is 21.9 Å². The van der Waals surface area contributed by atoms with E-state index in [0.29, 0.717) is 55.8 Å². The number of sulfonamides is 1. The molecule has 4 aromatic rings. The summed E-state index contributed by atoms with van der Waals surface area (Å²) in [6, 6.07) is 11.3. The lowest BCUT2D eigenvalue weighted by molar-refractivity contribution is 0.0229. The van der Waals surface area contributed by atoms with Crippen molar-refractivity contribution < 1.29 is 36.0 Å². The molecule has 0 spiro atoms. The first-order valence-corrected chi connectivity index (χ1v) is 16.9. The Labute approximate surface area is 270 Å². The van der Waals surface area contributed by atoms with Crippen LogP contribution in [-0.2, 0) is 22.2 Å². The number of carbonyl (C=O) groups excluding carboxylic acids is 1. The molecule has 248 valence electrons. The van der Waals surface area contributed by atoms with Crippen molar-refractivity contribution in [3.05, 3.63) is 94.7 Å². The highest BCUT2D eigenvalue weighted by Gasteiger charge is 2.46. The number of halogens is 3. The van der Waals surface area contributed by atoms with Crippen LogP contribution < -0.4 is 5.32 Å². The third-order valence-electron chi connectivity index (χ3n) is 8.97. The molecule has 47 heavy (non-hydrogen) atoms. The number of aromatic nitrogens is 2. The molecule has 13 heteroatoms. The van der Waals surface area contributed by atoms with Crippen LogP contribution in [0, 0.1) is 24.4 Å². The van der Waals surface area contributed by atoms with Crippen molar-refractivity contribution in [3.8, 4) is 11.3 Å². The molecule has 0 saturated carbocycles. The highest BCUT2D eigenvalue weighted by atomic mass is 32.2. The summed E-state index contributed by atoms with van der Waals surface area (Å²) >= 11 is 0. The third-order valence-corrected chi connectivity index (χ3v) is 11.2. The maximum Gasteiger partial charge on any atom is 0.272 e. The Hall–Kier alpha value is -4.20. The van der Waals surface area contributed by atoms with Crippen LogP contribution in [0.2, 0.25) is 0 Å². The fourth-order valence-electron chi connectivity index (χ4n) is 6.75. The normalized spacial score (nSPS) is 19.7. The number of hydrogen-bond donors (Lipinski definition) is 2. The van der Waals surface area contributed by atoms with E-state index in [-0.39, 0.29) is 34.0 Å². The van der Waals surface area contributed by atoms with E-state index in [1.807, 2.05) is 36.4 Å². The monoisotopic (exact) mass is 668 g/mol. The van der Waals surface area contributed by atoms with E-state index in [4.69, 9.17) is 4.52 Å². The van der Waals surface area contributed by atoms with E-state index in [9.17, 15) is 31.5 Å². The van der Waals surface area contributed by atoms with Gasteiger partial charge in [-0.1, -0.05) is 41.6 Å². The van der Waals surface area contributed by atoms with Crippen molar-refractivity contribution in [1.82, 2.24) is 14.0 Å². The third kappa shape index (κ3) is 6.03. The standard InChI is InChI=1S/C34H35F3N4O5S/c1-20-13-14-24(19-34(3,43)29-18-28(46-39-29)22-10-6-4-7-11-22)41(20)47(44,45)32-21(2)31(40-15-9-5-8-12-27(32)40)33(42)38-23-16-25(35)30(37)26(36)17-23/h4,6-8,10-12,16-18,20,24,43H,5,9,13-15,19H2,1-3H3,(H,38,42). The predicted octanol–water partition coefficient (Wildman–Crippen LogP) is 6.77. The Kier molecular flexibility index (Phi) is 8.66. The average Bonchev–Trinajstić information content (AvgIpc) is 3.68. The van der Waals surface area contributed by atoms with Crippen LogP contribution in [0.15, 0.2) is 64.0 Å². The first-order chi connectivity index (χ1) is 22.3. The lowest BCUT2D eigenvalue weighted by Gasteiger charge is -2.32. The second-order valence-electron chi connectivity index (χ2n) is 12.4. The zero-order chi connectivity index (χ0) is 33.7. The van der Waals surface area contributed by atoms with Gasteiger partial charge in [-0.05, 0) is 59.0 Å². The summed E-state index contributed by atoms with van der Waals surface area (Å²) < 4.78 is 79.3. The van der Waals surface area contributed by atoms with Crippen molar-refractivity contribution in [1.29, 1.82) is 0 Å². The molecule has 9 nitrogen and oxygen atoms in total. The van der Waals surface area contributed by atoms with E-state index in [2.05, 4.69) is 10.5 Å². The Bertz CT molecular complexity index is 1950. The van der Waals surface area contributed by atoms with E-state index in [1.54, 1.807) is 30.6 Å².